The number of fused-ring (bicyclic) bond motifs is 2. The van der Waals surface area contributed by atoms with E-state index in [1.807, 2.05) is 25.1 Å². The highest BCUT2D eigenvalue weighted by molar-refractivity contribution is 6.54. The van der Waals surface area contributed by atoms with Crippen LogP contribution in [0.25, 0.3) is 11.0 Å². The van der Waals surface area contributed by atoms with Gasteiger partial charge < -0.3 is 9.88 Å². The van der Waals surface area contributed by atoms with E-state index in [1.165, 1.54) is 11.9 Å². The van der Waals surface area contributed by atoms with Gasteiger partial charge in [-0.15, -0.1) is 0 Å². The van der Waals surface area contributed by atoms with E-state index in [9.17, 15) is 4.79 Å². The maximum atomic E-state index is 12.4. The lowest BCUT2D eigenvalue weighted by Gasteiger charge is -2.08. The number of aromatic nitrogens is 3. The number of halogens is 1. The highest BCUT2D eigenvalue weighted by Gasteiger charge is 2.26. The molecule has 0 radical (unpaired) electrons. The standard InChI is InChI=1S/C23H19ClN6O/c1-13-14(2)30(11-15-6-4-3-5-7-15)22-19(13)21(25-12-26-22)29-28-20-17-10-16(24)8-9-18(17)27-23(20)31/h3-10,12H,11H2,1-2H3,(H,25,26,29)(H,27,28,31). The van der Waals surface area contributed by atoms with E-state index in [4.69, 9.17) is 11.6 Å². The predicted molar refractivity (Wildman–Crippen MR) is 123 cm³/mol. The highest BCUT2D eigenvalue weighted by Crippen LogP contribution is 2.30. The Balaban J connectivity index is 1.55. The Bertz CT molecular complexity index is 1360. The zero-order chi connectivity index (χ0) is 21.5. The summed E-state index contributed by atoms with van der Waals surface area (Å²) >= 11 is 6.10. The van der Waals surface area contributed by atoms with E-state index in [0.717, 1.165) is 22.3 Å². The minimum atomic E-state index is -0.287. The molecule has 0 saturated heterocycles. The molecule has 154 valence electrons. The number of carbonyl (C=O) groups is 1. The first-order valence-electron chi connectivity index (χ1n) is 9.82. The molecule has 0 unspecified atom stereocenters. The van der Waals surface area contributed by atoms with E-state index in [-0.39, 0.29) is 11.6 Å². The molecule has 1 amide bonds. The fraction of sp³-hybridized carbons (Fsp3) is 0.130. The second-order valence-electron chi connectivity index (χ2n) is 7.42. The topological polar surface area (TPSA) is 84.2 Å². The lowest BCUT2D eigenvalue weighted by atomic mass is 10.1. The summed E-state index contributed by atoms with van der Waals surface area (Å²) in [4.78, 5) is 21.3. The monoisotopic (exact) mass is 430 g/mol. The van der Waals surface area contributed by atoms with Crippen LogP contribution in [-0.2, 0) is 11.3 Å². The molecule has 1 aliphatic heterocycles. The van der Waals surface area contributed by atoms with Crippen molar-refractivity contribution in [2.45, 2.75) is 20.4 Å². The number of carbonyl (C=O) groups excluding carboxylic acids is 1. The lowest BCUT2D eigenvalue weighted by molar-refractivity contribution is -0.110. The van der Waals surface area contributed by atoms with Crippen LogP contribution in [0, 0.1) is 13.8 Å². The Kier molecular flexibility index (Phi) is 4.67. The second-order valence-corrected chi connectivity index (χ2v) is 7.86. The molecule has 0 spiro atoms. The van der Waals surface area contributed by atoms with Crippen molar-refractivity contribution < 1.29 is 4.79 Å². The Morgan fingerprint density at radius 2 is 1.94 bits per heavy atom. The van der Waals surface area contributed by atoms with E-state index < -0.39 is 0 Å². The van der Waals surface area contributed by atoms with Crippen molar-refractivity contribution in [1.29, 1.82) is 0 Å². The normalized spacial score (nSPS) is 14.2. The average molecular weight is 431 g/mol. The van der Waals surface area contributed by atoms with Crippen molar-refractivity contribution in [1.82, 2.24) is 14.5 Å². The molecule has 0 aliphatic carbocycles. The molecule has 2 aromatic heterocycles. The van der Waals surface area contributed by atoms with Gasteiger partial charge in [0.25, 0.3) is 5.91 Å². The van der Waals surface area contributed by atoms with Crippen molar-refractivity contribution in [3.8, 4) is 0 Å². The zero-order valence-electron chi connectivity index (χ0n) is 17.0. The van der Waals surface area contributed by atoms with Gasteiger partial charge in [0.05, 0.1) is 11.1 Å². The highest BCUT2D eigenvalue weighted by atomic mass is 35.5. The number of hydrogen-bond donors (Lipinski definition) is 2. The van der Waals surface area contributed by atoms with Gasteiger partial charge in [0.2, 0.25) is 0 Å². The van der Waals surface area contributed by atoms with E-state index in [2.05, 4.69) is 49.4 Å². The number of anilines is 2. The Labute approximate surface area is 183 Å². The van der Waals surface area contributed by atoms with E-state index in [1.54, 1.807) is 18.2 Å². The number of nitrogens with zero attached hydrogens (tertiary/aromatic N) is 4. The van der Waals surface area contributed by atoms with Crippen LogP contribution in [0.1, 0.15) is 22.4 Å². The minimum Gasteiger partial charge on any atom is -0.325 e. The number of hydrazone groups is 1. The van der Waals surface area contributed by atoms with Crippen LogP contribution in [-0.4, -0.2) is 26.2 Å². The smallest absolute Gasteiger partial charge is 0.276 e. The maximum absolute atomic E-state index is 12.4. The summed E-state index contributed by atoms with van der Waals surface area (Å²) < 4.78 is 2.16. The largest absolute Gasteiger partial charge is 0.325 e. The van der Waals surface area contributed by atoms with Crippen LogP contribution in [0.5, 0.6) is 0 Å². The Morgan fingerprint density at radius 3 is 2.74 bits per heavy atom. The quantitative estimate of drug-likeness (QED) is 0.466. The second kappa shape index (κ2) is 7.52. The summed E-state index contributed by atoms with van der Waals surface area (Å²) in [6, 6.07) is 15.4. The van der Waals surface area contributed by atoms with Crippen molar-refractivity contribution in [3.63, 3.8) is 0 Å². The van der Waals surface area contributed by atoms with E-state index >= 15 is 0 Å². The zero-order valence-corrected chi connectivity index (χ0v) is 17.7. The average Bonchev–Trinajstić information content (AvgIpc) is 3.21. The van der Waals surface area contributed by atoms with Crippen LogP contribution in [0.2, 0.25) is 5.02 Å². The minimum absolute atomic E-state index is 0.266. The van der Waals surface area contributed by atoms with Crippen LogP contribution in [0.3, 0.4) is 0 Å². The molecule has 3 heterocycles. The number of hydrogen-bond acceptors (Lipinski definition) is 5. The summed E-state index contributed by atoms with van der Waals surface area (Å²) in [6.07, 6.45) is 1.50. The van der Waals surface area contributed by atoms with Gasteiger partial charge in [0.15, 0.2) is 11.5 Å². The molecule has 4 aromatic rings. The summed E-state index contributed by atoms with van der Waals surface area (Å²) in [6.45, 7) is 4.81. The first-order chi connectivity index (χ1) is 15.0. The van der Waals surface area contributed by atoms with Crippen molar-refractivity contribution >= 4 is 45.8 Å². The van der Waals surface area contributed by atoms with Gasteiger partial charge in [-0.3, -0.25) is 10.2 Å². The van der Waals surface area contributed by atoms with Gasteiger partial charge in [-0.05, 0) is 43.2 Å². The summed E-state index contributed by atoms with van der Waals surface area (Å²) in [7, 11) is 0. The predicted octanol–water partition coefficient (Wildman–Crippen LogP) is 4.52. The first kappa shape index (κ1) is 19.3. The lowest BCUT2D eigenvalue weighted by Crippen LogP contribution is -2.16. The molecule has 2 aromatic carbocycles. The maximum Gasteiger partial charge on any atom is 0.276 e. The molecule has 0 saturated carbocycles. The van der Waals surface area contributed by atoms with Gasteiger partial charge >= 0.3 is 0 Å². The third-order valence-electron chi connectivity index (χ3n) is 5.56. The van der Waals surface area contributed by atoms with Gasteiger partial charge in [-0.2, -0.15) is 5.10 Å². The molecule has 0 bridgehead atoms. The fourth-order valence-corrected chi connectivity index (χ4v) is 4.03. The molecule has 5 rings (SSSR count). The van der Waals surface area contributed by atoms with E-state index in [0.29, 0.717) is 28.6 Å². The third-order valence-corrected chi connectivity index (χ3v) is 5.80. The Hall–Kier alpha value is -3.71. The van der Waals surface area contributed by atoms with Gasteiger partial charge in [0, 0.05) is 22.8 Å². The molecular formula is C23H19ClN6O. The first-order valence-corrected chi connectivity index (χ1v) is 10.2. The summed E-state index contributed by atoms with van der Waals surface area (Å²) in [5, 5.41) is 8.58. The van der Waals surface area contributed by atoms with Gasteiger partial charge in [-0.25, -0.2) is 9.97 Å². The number of nitrogens with one attached hydrogen (secondary N) is 2. The SMILES string of the molecule is Cc1c(C)n(Cc2ccccc2)c2ncnc(N/N=C3\C(=O)Nc4ccc(Cl)cc43)c12. The number of benzene rings is 2. The van der Waals surface area contributed by atoms with Crippen molar-refractivity contribution in [2.24, 2.45) is 5.10 Å². The molecule has 0 atom stereocenters. The number of amides is 1. The molecule has 8 heteroatoms. The van der Waals surface area contributed by atoms with Crippen molar-refractivity contribution in [3.05, 3.63) is 82.3 Å². The third kappa shape index (κ3) is 3.33. The molecule has 31 heavy (non-hydrogen) atoms. The number of aryl methyl sites for hydroxylation is 1. The molecule has 7 nitrogen and oxygen atoms in total. The van der Waals surface area contributed by atoms with Crippen molar-refractivity contribution in [2.75, 3.05) is 10.7 Å². The Morgan fingerprint density at radius 1 is 1.13 bits per heavy atom. The van der Waals surface area contributed by atoms with Crippen LogP contribution < -0.4 is 10.7 Å². The molecule has 0 fully saturated rings. The van der Waals surface area contributed by atoms with Gasteiger partial charge in [0.1, 0.15) is 12.0 Å². The number of rotatable bonds is 4. The van der Waals surface area contributed by atoms with Crippen LogP contribution in [0.4, 0.5) is 11.5 Å². The summed E-state index contributed by atoms with van der Waals surface area (Å²) in [5.74, 6) is 0.262. The fourth-order valence-electron chi connectivity index (χ4n) is 3.86. The summed E-state index contributed by atoms with van der Waals surface area (Å²) in [5.41, 5.74) is 8.76. The molecule has 1 aliphatic rings. The molecule has 2 N–H and O–H groups in total. The van der Waals surface area contributed by atoms with Gasteiger partial charge in [-0.1, -0.05) is 41.9 Å². The van der Waals surface area contributed by atoms with Crippen LogP contribution in [0.15, 0.2) is 60.0 Å². The molecular weight excluding hydrogens is 412 g/mol. The van der Waals surface area contributed by atoms with Crippen LogP contribution >= 0.6 is 11.6 Å².